The zero-order chi connectivity index (χ0) is 18.3. The van der Waals surface area contributed by atoms with Crippen molar-refractivity contribution in [3.8, 4) is 11.4 Å². The number of ether oxygens (including phenoxy) is 1. The molecule has 0 radical (unpaired) electrons. The second kappa shape index (κ2) is 6.16. The standard InChI is InChI=1S/C19H22N4O3/c1-19(2,3)25-18(24)23-10-4-5-15(23)17-21-16(22-26-17)13-6-7-14-12(11-13)8-9-20-14/h6-9,11,15,20H,4-5,10H2,1-3H3/t15-/m0/s1. The van der Waals surface area contributed by atoms with E-state index in [0.717, 1.165) is 29.3 Å². The Morgan fingerprint density at radius 3 is 3.00 bits per heavy atom. The number of benzene rings is 1. The van der Waals surface area contributed by atoms with Gasteiger partial charge < -0.3 is 14.2 Å². The molecule has 136 valence electrons. The van der Waals surface area contributed by atoms with E-state index in [-0.39, 0.29) is 12.1 Å². The molecule has 0 saturated carbocycles. The van der Waals surface area contributed by atoms with Crippen LogP contribution >= 0.6 is 0 Å². The van der Waals surface area contributed by atoms with Crippen molar-refractivity contribution in [2.75, 3.05) is 6.54 Å². The number of H-pyrrole nitrogens is 1. The first-order valence-corrected chi connectivity index (χ1v) is 8.81. The zero-order valence-electron chi connectivity index (χ0n) is 15.2. The van der Waals surface area contributed by atoms with E-state index >= 15 is 0 Å². The Hall–Kier alpha value is -2.83. The summed E-state index contributed by atoms with van der Waals surface area (Å²) in [4.78, 5) is 21.8. The maximum Gasteiger partial charge on any atom is 0.410 e. The van der Waals surface area contributed by atoms with Gasteiger partial charge in [-0.1, -0.05) is 5.16 Å². The van der Waals surface area contributed by atoms with Crippen LogP contribution in [0.2, 0.25) is 0 Å². The number of hydrogen-bond donors (Lipinski definition) is 1. The van der Waals surface area contributed by atoms with Crippen LogP contribution < -0.4 is 0 Å². The number of likely N-dealkylation sites (tertiary alicyclic amines) is 1. The molecule has 1 fully saturated rings. The molecule has 1 aromatic carbocycles. The summed E-state index contributed by atoms with van der Waals surface area (Å²) in [5, 5.41) is 5.20. The van der Waals surface area contributed by atoms with Gasteiger partial charge >= 0.3 is 6.09 Å². The van der Waals surface area contributed by atoms with Crippen molar-refractivity contribution in [1.29, 1.82) is 0 Å². The maximum atomic E-state index is 12.4. The molecule has 1 aliphatic rings. The lowest BCUT2D eigenvalue weighted by molar-refractivity contribution is 0.0199. The maximum absolute atomic E-state index is 12.4. The molecule has 4 rings (SSSR count). The first-order chi connectivity index (χ1) is 12.4. The average molecular weight is 354 g/mol. The van der Waals surface area contributed by atoms with Gasteiger partial charge in [-0.15, -0.1) is 0 Å². The smallest absolute Gasteiger partial charge is 0.410 e. The Bertz CT molecular complexity index is 938. The molecule has 0 aliphatic carbocycles. The van der Waals surface area contributed by atoms with Crippen LogP contribution in [-0.4, -0.2) is 38.3 Å². The Kier molecular flexibility index (Phi) is 3.94. The molecule has 1 N–H and O–H groups in total. The van der Waals surface area contributed by atoms with Gasteiger partial charge in [0.1, 0.15) is 11.6 Å². The molecule has 1 saturated heterocycles. The Morgan fingerprint density at radius 2 is 2.19 bits per heavy atom. The second-order valence-electron chi connectivity index (χ2n) is 7.57. The summed E-state index contributed by atoms with van der Waals surface area (Å²) < 4.78 is 11.0. The number of aromatic nitrogens is 3. The van der Waals surface area contributed by atoms with Crippen molar-refractivity contribution in [2.24, 2.45) is 0 Å². The predicted octanol–water partition coefficient (Wildman–Crippen LogP) is 4.29. The van der Waals surface area contributed by atoms with Gasteiger partial charge in [-0.25, -0.2) is 4.79 Å². The van der Waals surface area contributed by atoms with Crippen LogP contribution in [0, 0.1) is 0 Å². The van der Waals surface area contributed by atoms with Gasteiger partial charge in [0.25, 0.3) is 0 Å². The minimum Gasteiger partial charge on any atom is -0.444 e. The van der Waals surface area contributed by atoms with E-state index in [1.165, 1.54) is 0 Å². The topological polar surface area (TPSA) is 84.2 Å². The minimum absolute atomic E-state index is 0.234. The SMILES string of the molecule is CC(C)(C)OC(=O)N1CCC[C@H]1c1nc(-c2ccc3[nH]ccc3c2)no1. The van der Waals surface area contributed by atoms with Crippen LogP contribution in [0.15, 0.2) is 35.0 Å². The van der Waals surface area contributed by atoms with E-state index in [1.807, 2.05) is 51.2 Å². The molecule has 0 unspecified atom stereocenters. The van der Waals surface area contributed by atoms with Crippen LogP contribution in [0.5, 0.6) is 0 Å². The number of rotatable bonds is 2. The summed E-state index contributed by atoms with van der Waals surface area (Å²) in [7, 11) is 0. The van der Waals surface area contributed by atoms with Crippen LogP contribution in [-0.2, 0) is 4.74 Å². The lowest BCUT2D eigenvalue weighted by Gasteiger charge is -2.26. The zero-order valence-corrected chi connectivity index (χ0v) is 15.2. The largest absolute Gasteiger partial charge is 0.444 e. The number of nitrogens with zero attached hydrogens (tertiary/aromatic N) is 3. The second-order valence-corrected chi connectivity index (χ2v) is 7.57. The fourth-order valence-corrected chi connectivity index (χ4v) is 3.24. The Labute approximate surface area is 151 Å². The molecule has 0 spiro atoms. The summed E-state index contributed by atoms with van der Waals surface area (Å²) in [5.74, 6) is 0.983. The third-order valence-corrected chi connectivity index (χ3v) is 4.42. The monoisotopic (exact) mass is 354 g/mol. The summed E-state index contributed by atoms with van der Waals surface area (Å²) in [6, 6.07) is 7.72. The number of carbonyl (C=O) groups excluding carboxylic acids is 1. The van der Waals surface area contributed by atoms with Crippen molar-refractivity contribution in [1.82, 2.24) is 20.0 Å². The van der Waals surface area contributed by atoms with Gasteiger partial charge in [0.05, 0.1) is 0 Å². The highest BCUT2D eigenvalue weighted by atomic mass is 16.6. The molecule has 7 heteroatoms. The molecule has 26 heavy (non-hydrogen) atoms. The van der Waals surface area contributed by atoms with Crippen LogP contribution in [0.4, 0.5) is 4.79 Å². The molecular formula is C19H22N4O3. The molecule has 0 bridgehead atoms. The van der Waals surface area contributed by atoms with Gasteiger partial charge in [-0.05, 0) is 57.9 Å². The van der Waals surface area contributed by atoms with E-state index in [0.29, 0.717) is 18.3 Å². The first kappa shape index (κ1) is 16.6. The minimum atomic E-state index is -0.532. The van der Waals surface area contributed by atoms with Gasteiger partial charge in [0, 0.05) is 29.2 Å². The summed E-state index contributed by atoms with van der Waals surface area (Å²) in [5.41, 5.74) is 1.41. The van der Waals surface area contributed by atoms with Crippen LogP contribution in [0.1, 0.15) is 45.5 Å². The van der Waals surface area contributed by atoms with Crippen LogP contribution in [0.25, 0.3) is 22.3 Å². The third-order valence-electron chi connectivity index (χ3n) is 4.42. The summed E-state index contributed by atoms with van der Waals surface area (Å²) in [6.45, 7) is 6.21. The van der Waals surface area contributed by atoms with E-state index in [1.54, 1.807) is 4.90 Å². The van der Waals surface area contributed by atoms with Gasteiger partial charge in [0.2, 0.25) is 11.7 Å². The van der Waals surface area contributed by atoms with Crippen molar-refractivity contribution in [2.45, 2.75) is 45.3 Å². The fourth-order valence-electron chi connectivity index (χ4n) is 3.24. The average Bonchev–Trinajstić information content (AvgIpc) is 3.31. The molecule has 3 aromatic rings. The van der Waals surface area contributed by atoms with Crippen LogP contribution in [0.3, 0.4) is 0 Å². The first-order valence-electron chi connectivity index (χ1n) is 8.81. The lowest BCUT2D eigenvalue weighted by Crippen LogP contribution is -2.36. The summed E-state index contributed by atoms with van der Waals surface area (Å²) in [6.07, 6.45) is 3.23. The lowest BCUT2D eigenvalue weighted by atomic mass is 10.1. The molecule has 3 heterocycles. The number of amides is 1. The van der Waals surface area contributed by atoms with E-state index in [2.05, 4.69) is 15.1 Å². The van der Waals surface area contributed by atoms with Crippen molar-refractivity contribution in [3.05, 3.63) is 36.4 Å². The predicted molar refractivity (Wildman–Crippen MR) is 96.5 cm³/mol. The molecule has 1 atom stereocenters. The van der Waals surface area contributed by atoms with E-state index in [4.69, 9.17) is 9.26 Å². The number of fused-ring (bicyclic) bond motifs is 1. The molecule has 1 aliphatic heterocycles. The molecule has 2 aromatic heterocycles. The number of nitrogens with one attached hydrogen (secondary N) is 1. The number of carbonyl (C=O) groups is 1. The highest BCUT2D eigenvalue weighted by Gasteiger charge is 2.36. The molecule has 1 amide bonds. The van der Waals surface area contributed by atoms with E-state index < -0.39 is 5.60 Å². The fraction of sp³-hybridized carbons (Fsp3) is 0.421. The normalized spacial score (nSPS) is 17.8. The summed E-state index contributed by atoms with van der Waals surface area (Å²) >= 11 is 0. The Morgan fingerprint density at radius 1 is 1.35 bits per heavy atom. The highest BCUT2D eigenvalue weighted by Crippen LogP contribution is 2.33. The van der Waals surface area contributed by atoms with Gasteiger partial charge in [-0.3, -0.25) is 4.90 Å². The third kappa shape index (κ3) is 3.16. The van der Waals surface area contributed by atoms with E-state index in [9.17, 15) is 4.79 Å². The molecule has 7 nitrogen and oxygen atoms in total. The van der Waals surface area contributed by atoms with Crippen molar-refractivity contribution in [3.63, 3.8) is 0 Å². The highest BCUT2D eigenvalue weighted by molar-refractivity contribution is 5.83. The number of aromatic amines is 1. The van der Waals surface area contributed by atoms with Crippen molar-refractivity contribution < 1.29 is 14.1 Å². The van der Waals surface area contributed by atoms with Gasteiger partial charge in [-0.2, -0.15) is 4.98 Å². The Balaban J connectivity index is 1.57. The van der Waals surface area contributed by atoms with Crippen molar-refractivity contribution >= 4 is 17.0 Å². The quantitative estimate of drug-likeness (QED) is 0.742. The number of hydrogen-bond acceptors (Lipinski definition) is 5. The molecular weight excluding hydrogens is 332 g/mol. The van der Waals surface area contributed by atoms with Gasteiger partial charge in [0.15, 0.2) is 0 Å².